The van der Waals surface area contributed by atoms with Crippen molar-refractivity contribution in [1.82, 2.24) is 29.9 Å². The average Bonchev–Trinajstić information content (AvgIpc) is 3.39. The van der Waals surface area contributed by atoms with Crippen molar-refractivity contribution in [2.24, 2.45) is 4.99 Å². The summed E-state index contributed by atoms with van der Waals surface area (Å²) in [7, 11) is 0. The molecular formula is C20H23N9O. The summed E-state index contributed by atoms with van der Waals surface area (Å²) in [5.41, 5.74) is 1.33. The Kier molecular flexibility index (Phi) is 5.40. The number of aromatic nitrogens is 5. The molecule has 3 aromatic rings. The molecule has 4 rings (SSSR count). The van der Waals surface area contributed by atoms with Crippen molar-refractivity contribution in [2.45, 2.75) is 6.92 Å². The fourth-order valence-corrected chi connectivity index (χ4v) is 3.26. The summed E-state index contributed by atoms with van der Waals surface area (Å²) in [6.45, 7) is 12.6. The van der Waals surface area contributed by atoms with Crippen molar-refractivity contribution in [3.63, 3.8) is 0 Å². The van der Waals surface area contributed by atoms with E-state index in [-0.39, 0.29) is 5.91 Å². The van der Waals surface area contributed by atoms with Gasteiger partial charge < -0.3 is 15.5 Å². The van der Waals surface area contributed by atoms with E-state index in [0.29, 0.717) is 23.0 Å². The Morgan fingerprint density at radius 1 is 1.27 bits per heavy atom. The summed E-state index contributed by atoms with van der Waals surface area (Å²) in [5.74, 6) is 1.85. The lowest BCUT2D eigenvalue weighted by molar-refractivity contribution is 0.102. The van der Waals surface area contributed by atoms with Crippen molar-refractivity contribution in [3.05, 3.63) is 48.3 Å². The fourth-order valence-electron chi connectivity index (χ4n) is 3.26. The highest BCUT2D eigenvalue weighted by atomic mass is 16.1. The SMILES string of the molecule is C=Cn1ncc(C(=O)Nc2cc(N3CCNCC3)nn2-c2ccc(C)cn2)c1N=C. The first-order valence-electron chi connectivity index (χ1n) is 9.57. The van der Waals surface area contributed by atoms with Crippen molar-refractivity contribution in [3.8, 4) is 5.82 Å². The molecule has 30 heavy (non-hydrogen) atoms. The maximum Gasteiger partial charge on any atom is 0.262 e. The quantitative estimate of drug-likeness (QED) is 0.607. The molecule has 1 fully saturated rings. The number of aliphatic imine (C=N–C) groups is 1. The van der Waals surface area contributed by atoms with Crippen LogP contribution in [0.15, 0.2) is 42.2 Å². The molecule has 0 atom stereocenters. The summed E-state index contributed by atoms with van der Waals surface area (Å²) in [6, 6.07) is 5.67. The number of nitrogens with one attached hydrogen (secondary N) is 2. The molecule has 0 aliphatic carbocycles. The van der Waals surface area contributed by atoms with Crippen molar-refractivity contribution in [2.75, 3.05) is 36.4 Å². The van der Waals surface area contributed by atoms with Gasteiger partial charge in [-0.05, 0) is 25.3 Å². The van der Waals surface area contributed by atoms with Crippen LogP contribution < -0.4 is 15.5 Å². The van der Waals surface area contributed by atoms with Crippen LogP contribution >= 0.6 is 0 Å². The number of rotatable bonds is 6. The molecule has 154 valence electrons. The third-order valence-electron chi connectivity index (χ3n) is 4.83. The molecule has 0 spiro atoms. The molecule has 1 amide bonds. The van der Waals surface area contributed by atoms with Gasteiger partial charge in [0.05, 0.1) is 6.20 Å². The van der Waals surface area contributed by atoms with E-state index in [1.54, 1.807) is 10.9 Å². The Morgan fingerprint density at radius 3 is 2.73 bits per heavy atom. The van der Waals surface area contributed by atoms with Crippen LogP contribution in [0.4, 0.5) is 17.5 Å². The number of nitrogens with zero attached hydrogens (tertiary/aromatic N) is 7. The largest absolute Gasteiger partial charge is 0.353 e. The van der Waals surface area contributed by atoms with E-state index in [1.807, 2.05) is 25.1 Å². The number of amides is 1. The lowest BCUT2D eigenvalue weighted by atomic mass is 10.3. The first-order chi connectivity index (χ1) is 14.6. The van der Waals surface area contributed by atoms with Crippen LogP contribution in [0.25, 0.3) is 12.0 Å². The smallest absolute Gasteiger partial charge is 0.262 e. The number of pyridine rings is 1. The number of piperazine rings is 1. The summed E-state index contributed by atoms with van der Waals surface area (Å²) >= 11 is 0. The lowest BCUT2D eigenvalue weighted by Crippen LogP contribution is -2.43. The monoisotopic (exact) mass is 405 g/mol. The topological polar surface area (TPSA) is 105 Å². The third kappa shape index (κ3) is 3.72. The van der Waals surface area contributed by atoms with Gasteiger partial charge in [0.15, 0.2) is 17.5 Å². The average molecular weight is 405 g/mol. The van der Waals surface area contributed by atoms with Crippen molar-refractivity contribution in [1.29, 1.82) is 0 Å². The summed E-state index contributed by atoms with van der Waals surface area (Å²) in [4.78, 5) is 23.5. The van der Waals surface area contributed by atoms with Gasteiger partial charge in [-0.25, -0.2) is 14.7 Å². The van der Waals surface area contributed by atoms with Gasteiger partial charge in [0.1, 0.15) is 11.4 Å². The van der Waals surface area contributed by atoms with Crippen LogP contribution in [0.5, 0.6) is 0 Å². The molecule has 0 aromatic carbocycles. The second-order valence-electron chi connectivity index (χ2n) is 6.85. The maximum atomic E-state index is 13.0. The zero-order chi connectivity index (χ0) is 21.1. The predicted molar refractivity (Wildman–Crippen MR) is 117 cm³/mol. The van der Waals surface area contributed by atoms with Crippen LogP contribution in [0.2, 0.25) is 0 Å². The minimum Gasteiger partial charge on any atom is -0.353 e. The van der Waals surface area contributed by atoms with Gasteiger partial charge in [-0.3, -0.25) is 4.79 Å². The number of carbonyl (C=O) groups excluding carboxylic acids is 1. The van der Waals surface area contributed by atoms with E-state index < -0.39 is 0 Å². The van der Waals surface area contributed by atoms with E-state index >= 15 is 0 Å². The van der Waals surface area contributed by atoms with Gasteiger partial charge in [0, 0.05) is 44.6 Å². The van der Waals surface area contributed by atoms with Crippen LogP contribution in [-0.4, -0.2) is 63.3 Å². The fraction of sp³-hybridized carbons (Fsp3) is 0.250. The molecule has 1 aliphatic heterocycles. The van der Waals surface area contributed by atoms with Crippen LogP contribution in [0, 0.1) is 6.92 Å². The molecule has 0 bridgehead atoms. The van der Waals surface area contributed by atoms with E-state index in [9.17, 15) is 4.79 Å². The van der Waals surface area contributed by atoms with Crippen molar-refractivity contribution >= 4 is 36.3 Å². The van der Waals surface area contributed by atoms with Gasteiger partial charge in [0.2, 0.25) is 0 Å². The Hall–Kier alpha value is -3.79. The summed E-state index contributed by atoms with van der Waals surface area (Å²) in [6.07, 6.45) is 4.66. The molecule has 0 unspecified atom stereocenters. The van der Waals surface area contributed by atoms with Crippen LogP contribution in [0.1, 0.15) is 15.9 Å². The Morgan fingerprint density at radius 2 is 2.07 bits per heavy atom. The van der Waals surface area contributed by atoms with Gasteiger partial charge in [0.25, 0.3) is 5.91 Å². The standard InChI is InChI=1S/C20H23N9O/c1-4-28-19(21-3)15(13-24-28)20(30)25-17-11-18(27-9-7-22-8-10-27)26-29(17)16-6-5-14(2)12-23-16/h4-6,11-13,22H,1,3,7-10H2,2H3,(H,25,30). The Labute approximate surface area is 173 Å². The molecule has 0 saturated carbocycles. The van der Waals surface area contributed by atoms with Crippen molar-refractivity contribution < 1.29 is 4.79 Å². The number of carbonyl (C=O) groups is 1. The molecule has 1 aliphatic rings. The normalized spacial score (nSPS) is 13.8. The zero-order valence-corrected chi connectivity index (χ0v) is 16.7. The van der Waals surface area contributed by atoms with Gasteiger partial charge in [-0.15, -0.1) is 5.10 Å². The molecule has 2 N–H and O–H groups in total. The highest BCUT2D eigenvalue weighted by Crippen LogP contribution is 2.25. The van der Waals surface area contributed by atoms with Crippen LogP contribution in [-0.2, 0) is 0 Å². The molecular weight excluding hydrogens is 382 g/mol. The maximum absolute atomic E-state index is 13.0. The molecule has 10 heteroatoms. The minimum absolute atomic E-state index is 0.290. The number of anilines is 2. The molecule has 4 heterocycles. The minimum atomic E-state index is -0.370. The predicted octanol–water partition coefficient (Wildman–Crippen LogP) is 1.87. The van der Waals surface area contributed by atoms with Gasteiger partial charge in [-0.1, -0.05) is 12.6 Å². The first-order valence-corrected chi connectivity index (χ1v) is 9.57. The van der Waals surface area contributed by atoms with E-state index in [2.05, 4.69) is 43.9 Å². The lowest BCUT2D eigenvalue weighted by Gasteiger charge is -2.26. The van der Waals surface area contributed by atoms with E-state index in [0.717, 1.165) is 37.6 Å². The molecule has 3 aromatic heterocycles. The Balaban J connectivity index is 1.70. The molecule has 0 radical (unpaired) electrons. The van der Waals surface area contributed by atoms with Crippen LogP contribution in [0.3, 0.4) is 0 Å². The molecule has 1 saturated heterocycles. The zero-order valence-electron chi connectivity index (χ0n) is 16.7. The summed E-state index contributed by atoms with van der Waals surface area (Å²) < 4.78 is 3.03. The number of hydrogen-bond acceptors (Lipinski definition) is 7. The van der Waals surface area contributed by atoms with Gasteiger partial charge in [-0.2, -0.15) is 9.78 Å². The first kappa shape index (κ1) is 19.5. The molecule has 10 nitrogen and oxygen atoms in total. The summed E-state index contributed by atoms with van der Waals surface area (Å²) in [5, 5.41) is 15.0. The highest BCUT2D eigenvalue weighted by Gasteiger charge is 2.21. The third-order valence-corrected chi connectivity index (χ3v) is 4.83. The van der Waals surface area contributed by atoms with Gasteiger partial charge >= 0.3 is 0 Å². The van der Waals surface area contributed by atoms with E-state index in [4.69, 9.17) is 5.10 Å². The Bertz CT molecular complexity index is 1070. The van der Waals surface area contributed by atoms with E-state index in [1.165, 1.54) is 17.1 Å². The second kappa shape index (κ2) is 8.29. The highest BCUT2D eigenvalue weighted by molar-refractivity contribution is 6.07. The number of hydrogen-bond donors (Lipinski definition) is 2. The second-order valence-corrected chi connectivity index (χ2v) is 6.85. The number of aryl methyl sites for hydroxylation is 1.